The Morgan fingerprint density at radius 2 is 1.21 bits per heavy atom. The van der Waals surface area contributed by atoms with Crippen LogP contribution in [0, 0.1) is 11.6 Å². The van der Waals surface area contributed by atoms with Crippen LogP contribution in [0.3, 0.4) is 0 Å². The fourth-order valence-electron chi connectivity index (χ4n) is 8.90. The van der Waals surface area contributed by atoms with Crippen LogP contribution < -0.4 is 14.5 Å². The summed E-state index contributed by atoms with van der Waals surface area (Å²) in [6.45, 7) is 9.31. The van der Waals surface area contributed by atoms with Crippen LogP contribution in [0.2, 0.25) is 0 Å². The Morgan fingerprint density at radius 1 is 0.525 bits per heavy atom. The highest BCUT2D eigenvalue weighted by molar-refractivity contribution is 6.09. The Kier molecular flexibility index (Phi) is 9.59. The molecule has 5 nitrogen and oxygen atoms in total. The van der Waals surface area contributed by atoms with Crippen LogP contribution in [0.1, 0.15) is 50.7 Å². The van der Waals surface area contributed by atoms with Crippen LogP contribution in [0.25, 0.3) is 49.9 Å². The summed E-state index contributed by atoms with van der Waals surface area (Å²) in [4.78, 5) is 8.81. The van der Waals surface area contributed by atoms with Crippen LogP contribution in [0.4, 0.5) is 31.5 Å². The Labute approximate surface area is 354 Å². The van der Waals surface area contributed by atoms with Crippen molar-refractivity contribution in [3.63, 3.8) is 0 Å². The molecule has 0 N–H and O–H groups in total. The standard InChI is InChI=1S/C54H44F2N4O/c1-34(2)45-28-37(36-14-6-5-7-15-36)29-46(35(3)4)54(45)38-26-40(58-33-59(51-19-11-10-18-50(51)58)49-24-21-39(55)30-47(49)56)31-42(27-38)61-41-22-23-44-43-16-8-9-17-48(43)60(52(44)32-41)53-20-12-13-25-57-53/h5-32,34-35H,33H2,1-4H3. The van der Waals surface area contributed by atoms with E-state index in [0.29, 0.717) is 23.9 Å². The lowest BCUT2D eigenvalue weighted by Crippen LogP contribution is -2.24. The first-order valence-corrected chi connectivity index (χ1v) is 20.8. The number of halogens is 2. The molecule has 0 amide bonds. The number of anilines is 4. The molecule has 9 aromatic rings. The van der Waals surface area contributed by atoms with E-state index in [1.807, 2.05) is 59.6 Å². The summed E-state index contributed by atoms with van der Waals surface area (Å²) in [5, 5.41) is 2.24. The zero-order chi connectivity index (χ0) is 41.8. The van der Waals surface area contributed by atoms with Gasteiger partial charge in [-0.25, -0.2) is 13.8 Å². The summed E-state index contributed by atoms with van der Waals surface area (Å²) < 4.78 is 38.8. The van der Waals surface area contributed by atoms with Gasteiger partial charge in [0.1, 0.15) is 35.6 Å². The number of aromatic nitrogens is 2. The van der Waals surface area contributed by atoms with E-state index in [0.717, 1.165) is 56.3 Å². The molecule has 0 radical (unpaired) electrons. The molecule has 0 bridgehead atoms. The Balaban J connectivity index is 1.16. The molecule has 2 aromatic heterocycles. The first-order chi connectivity index (χ1) is 29.7. The average Bonchev–Trinajstić information content (AvgIpc) is 3.82. The van der Waals surface area contributed by atoms with Gasteiger partial charge in [0, 0.05) is 40.9 Å². The van der Waals surface area contributed by atoms with Gasteiger partial charge in [0.05, 0.1) is 28.1 Å². The lowest BCUT2D eigenvalue weighted by atomic mass is 9.82. The maximum Gasteiger partial charge on any atom is 0.149 e. The van der Waals surface area contributed by atoms with E-state index >= 15 is 4.39 Å². The Bertz CT molecular complexity index is 3060. The lowest BCUT2D eigenvalue weighted by Gasteiger charge is -2.26. The van der Waals surface area contributed by atoms with Crippen LogP contribution in [0.15, 0.2) is 170 Å². The summed E-state index contributed by atoms with van der Waals surface area (Å²) in [6, 6.07) is 54.0. The number of hydrogen-bond donors (Lipinski definition) is 0. The fraction of sp³-hybridized carbons (Fsp3) is 0.130. The van der Waals surface area contributed by atoms with Gasteiger partial charge in [-0.3, -0.25) is 4.57 Å². The van der Waals surface area contributed by atoms with Crippen molar-refractivity contribution >= 4 is 44.6 Å². The second-order valence-corrected chi connectivity index (χ2v) is 16.3. The van der Waals surface area contributed by atoms with Gasteiger partial charge < -0.3 is 14.5 Å². The number of benzene rings is 7. The van der Waals surface area contributed by atoms with Crippen molar-refractivity contribution < 1.29 is 13.5 Å². The molecule has 1 aliphatic rings. The van der Waals surface area contributed by atoms with Gasteiger partial charge >= 0.3 is 0 Å². The molecule has 61 heavy (non-hydrogen) atoms. The maximum absolute atomic E-state index is 15.5. The lowest BCUT2D eigenvalue weighted by molar-refractivity contribution is 0.483. The molecule has 300 valence electrons. The molecule has 1 aliphatic heterocycles. The molecular weight excluding hydrogens is 759 g/mol. The van der Waals surface area contributed by atoms with E-state index in [1.165, 1.54) is 39.9 Å². The number of para-hydroxylation sites is 3. The van der Waals surface area contributed by atoms with E-state index in [9.17, 15) is 4.39 Å². The number of nitrogens with zero attached hydrogens (tertiary/aromatic N) is 4. The second-order valence-electron chi connectivity index (χ2n) is 16.3. The van der Waals surface area contributed by atoms with E-state index in [2.05, 4.69) is 134 Å². The van der Waals surface area contributed by atoms with Crippen molar-refractivity contribution in [2.45, 2.75) is 39.5 Å². The predicted molar refractivity (Wildman–Crippen MR) is 246 cm³/mol. The minimum atomic E-state index is -0.616. The first-order valence-electron chi connectivity index (χ1n) is 20.8. The van der Waals surface area contributed by atoms with Crippen molar-refractivity contribution in [1.82, 2.24) is 9.55 Å². The zero-order valence-corrected chi connectivity index (χ0v) is 34.5. The molecule has 3 heterocycles. The number of fused-ring (bicyclic) bond motifs is 4. The minimum Gasteiger partial charge on any atom is -0.457 e. The van der Waals surface area contributed by atoms with Crippen LogP contribution >= 0.6 is 0 Å². The van der Waals surface area contributed by atoms with Crippen molar-refractivity contribution in [2.24, 2.45) is 0 Å². The second kappa shape index (κ2) is 15.4. The maximum atomic E-state index is 15.5. The smallest absolute Gasteiger partial charge is 0.149 e. The summed E-state index contributed by atoms with van der Waals surface area (Å²) in [7, 11) is 0. The third kappa shape index (κ3) is 6.86. The molecule has 0 saturated heterocycles. The minimum absolute atomic E-state index is 0.213. The molecule has 0 aliphatic carbocycles. The molecule has 0 atom stereocenters. The third-order valence-electron chi connectivity index (χ3n) is 11.7. The van der Waals surface area contributed by atoms with Crippen molar-refractivity contribution in [3.8, 4) is 39.6 Å². The van der Waals surface area contributed by atoms with Gasteiger partial charge in [0.2, 0.25) is 0 Å². The molecule has 10 rings (SSSR count). The van der Waals surface area contributed by atoms with Gasteiger partial charge in [-0.05, 0) is 112 Å². The predicted octanol–water partition coefficient (Wildman–Crippen LogP) is 15.1. The van der Waals surface area contributed by atoms with E-state index < -0.39 is 11.6 Å². The molecule has 0 fully saturated rings. The quantitative estimate of drug-likeness (QED) is 0.146. The van der Waals surface area contributed by atoms with E-state index in [1.54, 1.807) is 0 Å². The highest BCUT2D eigenvalue weighted by Gasteiger charge is 2.31. The van der Waals surface area contributed by atoms with Crippen LogP contribution in [-0.4, -0.2) is 16.2 Å². The molecule has 7 aromatic carbocycles. The third-order valence-corrected chi connectivity index (χ3v) is 11.7. The monoisotopic (exact) mass is 802 g/mol. The number of rotatable bonds is 9. The van der Waals surface area contributed by atoms with Crippen molar-refractivity contribution in [1.29, 1.82) is 0 Å². The Hall–Kier alpha value is -7.25. The molecular formula is C54H44F2N4O. The molecule has 7 heteroatoms. The van der Waals surface area contributed by atoms with E-state index in [-0.39, 0.29) is 11.8 Å². The first kappa shape index (κ1) is 38.0. The van der Waals surface area contributed by atoms with Gasteiger partial charge in [-0.2, -0.15) is 0 Å². The normalized spacial score (nSPS) is 12.6. The SMILES string of the molecule is CC(C)c1cc(-c2ccccc2)cc(C(C)C)c1-c1cc(Oc2ccc3c4ccccc4n(-c4ccccn4)c3c2)cc(N2CN(c3ccc(F)cc3F)c3ccccc32)c1. The molecule has 0 saturated carbocycles. The average molecular weight is 803 g/mol. The molecule has 0 spiro atoms. The molecule has 0 unspecified atom stereocenters. The van der Waals surface area contributed by atoms with Gasteiger partial charge in [-0.1, -0.05) is 107 Å². The Morgan fingerprint density at radius 3 is 1.93 bits per heavy atom. The summed E-state index contributed by atoms with van der Waals surface area (Å²) in [5.41, 5.74) is 12.0. The fourth-order valence-corrected chi connectivity index (χ4v) is 8.90. The summed E-state index contributed by atoms with van der Waals surface area (Å²) in [6.07, 6.45) is 1.81. The van der Waals surface area contributed by atoms with Crippen molar-refractivity contribution in [3.05, 3.63) is 193 Å². The van der Waals surface area contributed by atoms with Gasteiger partial charge in [0.25, 0.3) is 0 Å². The number of hydrogen-bond acceptors (Lipinski definition) is 4. The largest absolute Gasteiger partial charge is 0.457 e. The number of pyridine rings is 1. The van der Waals surface area contributed by atoms with Crippen LogP contribution in [0.5, 0.6) is 11.5 Å². The van der Waals surface area contributed by atoms with Gasteiger partial charge in [0.15, 0.2) is 0 Å². The summed E-state index contributed by atoms with van der Waals surface area (Å²) in [5.74, 6) is 1.36. The number of ether oxygens (including phenoxy) is 1. The topological polar surface area (TPSA) is 33.5 Å². The van der Waals surface area contributed by atoms with Gasteiger partial charge in [-0.15, -0.1) is 0 Å². The highest BCUT2D eigenvalue weighted by Crippen LogP contribution is 2.48. The van der Waals surface area contributed by atoms with E-state index in [4.69, 9.17) is 9.72 Å². The van der Waals surface area contributed by atoms with Crippen LogP contribution in [-0.2, 0) is 0 Å². The highest BCUT2D eigenvalue weighted by atomic mass is 19.1. The zero-order valence-electron chi connectivity index (χ0n) is 34.5. The summed E-state index contributed by atoms with van der Waals surface area (Å²) >= 11 is 0. The van der Waals surface area contributed by atoms with Crippen molar-refractivity contribution in [2.75, 3.05) is 16.5 Å².